The zero-order chi connectivity index (χ0) is 27.9. The summed E-state index contributed by atoms with van der Waals surface area (Å²) in [7, 11) is 2.10. The molecule has 1 unspecified atom stereocenters. The number of hydrogen-bond donors (Lipinski definition) is 6. The van der Waals surface area contributed by atoms with Crippen molar-refractivity contribution in [2.45, 2.75) is 57.6 Å². The molecule has 9 nitrogen and oxygen atoms in total. The van der Waals surface area contributed by atoms with Crippen LogP contribution in [0.25, 0.3) is 5.57 Å². The van der Waals surface area contributed by atoms with Crippen LogP contribution in [0.3, 0.4) is 0 Å². The first kappa shape index (κ1) is 29.1. The zero-order valence-electron chi connectivity index (χ0n) is 22.5. The van der Waals surface area contributed by atoms with E-state index in [0.29, 0.717) is 29.2 Å². The van der Waals surface area contributed by atoms with Gasteiger partial charge in [-0.1, -0.05) is 31.8 Å². The topological polar surface area (TPSA) is 148 Å². The summed E-state index contributed by atoms with van der Waals surface area (Å²) < 4.78 is 5.51. The van der Waals surface area contributed by atoms with Crippen molar-refractivity contribution in [2.75, 3.05) is 25.9 Å². The molecule has 7 N–H and O–H groups in total. The van der Waals surface area contributed by atoms with Gasteiger partial charge in [-0.15, -0.1) is 0 Å². The van der Waals surface area contributed by atoms with Crippen LogP contribution in [0.1, 0.15) is 56.7 Å². The van der Waals surface area contributed by atoms with Crippen molar-refractivity contribution in [3.63, 3.8) is 0 Å². The number of ether oxygens (including phenoxy) is 1. The van der Waals surface area contributed by atoms with E-state index in [0.717, 1.165) is 25.9 Å². The number of likely N-dealkylation sites (tertiary alicyclic amines) is 1. The maximum Gasteiger partial charge on any atom is 0.351 e. The molecule has 1 aliphatic rings. The van der Waals surface area contributed by atoms with Gasteiger partial charge in [0.25, 0.3) is 0 Å². The molecule has 0 spiro atoms. The Morgan fingerprint density at radius 3 is 2.66 bits per heavy atom. The molecule has 1 atom stereocenters. The van der Waals surface area contributed by atoms with Crippen LogP contribution < -0.4 is 15.8 Å². The number of pyridine rings is 1. The van der Waals surface area contributed by atoms with E-state index >= 15 is 0 Å². The molecule has 0 amide bonds. The van der Waals surface area contributed by atoms with E-state index in [1.54, 1.807) is 25.3 Å². The Hall–Kier alpha value is -3.42. The highest BCUT2D eigenvalue weighted by molar-refractivity contribution is 6.08. The molecule has 2 aromatic rings. The molecule has 0 radical (unpaired) electrons. The van der Waals surface area contributed by atoms with E-state index in [1.807, 2.05) is 13.8 Å². The van der Waals surface area contributed by atoms with Crippen molar-refractivity contribution in [3.05, 3.63) is 59.4 Å². The Balaban J connectivity index is 1.79. The third kappa shape index (κ3) is 8.30. The lowest BCUT2D eigenvalue weighted by Gasteiger charge is -2.29. The SMILES string of the molecule is CC(C)CC(C)(O)C#Cc1cccc(C(O)(O)Oc2cc(/C(C=N)=C/NC3CCN(C)CC3)cnc2N)c1. The first-order valence-corrected chi connectivity index (χ1v) is 12.8. The number of nitrogen functional groups attached to an aromatic ring is 1. The highest BCUT2D eigenvalue weighted by atomic mass is 16.8. The first-order chi connectivity index (χ1) is 17.9. The first-order valence-electron chi connectivity index (χ1n) is 12.8. The second-order valence-corrected chi connectivity index (χ2v) is 10.5. The van der Waals surface area contributed by atoms with Crippen LogP contribution in [0, 0.1) is 23.2 Å². The Morgan fingerprint density at radius 1 is 1.29 bits per heavy atom. The smallest absolute Gasteiger partial charge is 0.351 e. The predicted octanol–water partition coefficient (Wildman–Crippen LogP) is 2.66. The van der Waals surface area contributed by atoms with Gasteiger partial charge in [-0.05, 0) is 76.5 Å². The standard InChI is InChI=1S/C29H39N5O4/c1-20(2)16-28(3,35)11-8-21-6-5-7-24(14-21)29(36,37)38-26-15-22(18-33-27(26)31)23(17-30)19-32-25-9-12-34(4)13-10-25/h5-7,14-15,17-20,25,30,32,35-37H,9-10,12-13,16H2,1-4H3,(H2,31,33)/b23-19+,30-17?. The number of piperidine rings is 1. The monoisotopic (exact) mass is 521 g/mol. The van der Waals surface area contributed by atoms with E-state index in [-0.39, 0.29) is 23.0 Å². The van der Waals surface area contributed by atoms with Crippen LogP contribution in [0.5, 0.6) is 5.75 Å². The number of rotatable bonds is 9. The number of benzene rings is 1. The van der Waals surface area contributed by atoms with Crippen molar-refractivity contribution in [1.29, 1.82) is 5.41 Å². The predicted molar refractivity (Wildman–Crippen MR) is 149 cm³/mol. The molecule has 1 fully saturated rings. The number of aliphatic hydroxyl groups is 3. The second kappa shape index (κ2) is 12.4. The highest BCUT2D eigenvalue weighted by Gasteiger charge is 2.30. The van der Waals surface area contributed by atoms with Gasteiger partial charge < -0.3 is 41.4 Å². The molecular weight excluding hydrogens is 482 g/mol. The number of aromatic nitrogens is 1. The minimum Gasteiger partial charge on any atom is -0.432 e. The summed E-state index contributed by atoms with van der Waals surface area (Å²) in [4.78, 5) is 6.41. The fourth-order valence-electron chi connectivity index (χ4n) is 4.35. The Morgan fingerprint density at radius 2 is 2.00 bits per heavy atom. The Bertz CT molecular complexity index is 1200. The van der Waals surface area contributed by atoms with Gasteiger partial charge in [-0.2, -0.15) is 0 Å². The van der Waals surface area contributed by atoms with Gasteiger partial charge in [0.15, 0.2) is 11.6 Å². The molecule has 0 bridgehead atoms. The van der Waals surface area contributed by atoms with Gasteiger partial charge in [0.1, 0.15) is 5.60 Å². The highest BCUT2D eigenvalue weighted by Crippen LogP contribution is 2.30. The van der Waals surface area contributed by atoms with E-state index in [4.69, 9.17) is 15.9 Å². The number of nitrogens with zero attached hydrogens (tertiary/aromatic N) is 2. The fourth-order valence-corrected chi connectivity index (χ4v) is 4.35. The summed E-state index contributed by atoms with van der Waals surface area (Å²) in [6, 6.07) is 8.10. The normalized spacial score (nSPS) is 16.9. The van der Waals surface area contributed by atoms with Gasteiger partial charge >= 0.3 is 5.97 Å². The maximum absolute atomic E-state index is 10.8. The van der Waals surface area contributed by atoms with Crippen LogP contribution in [0.4, 0.5) is 5.82 Å². The lowest BCUT2D eigenvalue weighted by atomic mass is 9.94. The molecule has 9 heteroatoms. The average Bonchev–Trinajstić information content (AvgIpc) is 2.85. The lowest BCUT2D eigenvalue weighted by Crippen LogP contribution is -2.38. The average molecular weight is 522 g/mol. The minimum atomic E-state index is -2.73. The van der Waals surface area contributed by atoms with Crippen LogP contribution in [0.2, 0.25) is 0 Å². The van der Waals surface area contributed by atoms with E-state index in [1.165, 1.54) is 30.6 Å². The number of nitrogens with two attached hydrogens (primary N) is 1. The molecule has 1 aromatic carbocycles. The molecule has 1 aromatic heterocycles. The molecule has 3 rings (SSSR count). The number of allylic oxidation sites excluding steroid dienone is 1. The maximum atomic E-state index is 10.8. The molecule has 38 heavy (non-hydrogen) atoms. The number of anilines is 1. The van der Waals surface area contributed by atoms with Crippen LogP contribution in [-0.2, 0) is 5.97 Å². The Labute approximate surface area is 224 Å². The molecular formula is C29H39N5O4. The largest absolute Gasteiger partial charge is 0.432 e. The second-order valence-electron chi connectivity index (χ2n) is 10.5. The molecule has 204 valence electrons. The summed E-state index contributed by atoms with van der Waals surface area (Å²) >= 11 is 0. The summed E-state index contributed by atoms with van der Waals surface area (Å²) in [6.45, 7) is 7.67. The lowest BCUT2D eigenvalue weighted by molar-refractivity contribution is -0.303. The van der Waals surface area contributed by atoms with Gasteiger partial charge in [-0.3, -0.25) is 0 Å². The fraction of sp³-hybridized carbons (Fsp3) is 0.448. The zero-order valence-corrected chi connectivity index (χ0v) is 22.5. The molecule has 1 saturated heterocycles. The third-order valence-electron chi connectivity index (χ3n) is 6.34. The van der Waals surface area contributed by atoms with Gasteiger partial charge in [0.05, 0.1) is 5.56 Å². The van der Waals surface area contributed by atoms with Crippen LogP contribution in [-0.4, -0.2) is 63.2 Å². The van der Waals surface area contributed by atoms with E-state index < -0.39 is 11.6 Å². The summed E-state index contributed by atoms with van der Waals surface area (Å²) in [5.74, 6) is 3.20. The molecule has 1 aliphatic heterocycles. The third-order valence-corrected chi connectivity index (χ3v) is 6.34. The summed E-state index contributed by atoms with van der Waals surface area (Å²) in [5, 5.41) is 43.3. The number of nitrogens with one attached hydrogen (secondary N) is 2. The summed E-state index contributed by atoms with van der Waals surface area (Å²) in [6.07, 6.45) is 6.98. The van der Waals surface area contributed by atoms with Crippen molar-refractivity contribution >= 4 is 17.6 Å². The Kier molecular flexibility index (Phi) is 9.52. The summed E-state index contributed by atoms with van der Waals surface area (Å²) in [5.41, 5.74) is 6.41. The molecule has 0 saturated carbocycles. The minimum absolute atomic E-state index is 0.0318. The van der Waals surface area contributed by atoms with Gasteiger partial charge in [0, 0.05) is 41.4 Å². The van der Waals surface area contributed by atoms with Crippen molar-refractivity contribution in [3.8, 4) is 17.6 Å². The quantitative estimate of drug-likeness (QED) is 0.168. The van der Waals surface area contributed by atoms with Crippen molar-refractivity contribution in [1.82, 2.24) is 15.2 Å². The van der Waals surface area contributed by atoms with Gasteiger partial charge in [0.2, 0.25) is 0 Å². The van der Waals surface area contributed by atoms with Crippen molar-refractivity contribution < 1.29 is 20.1 Å². The van der Waals surface area contributed by atoms with E-state index in [9.17, 15) is 15.3 Å². The van der Waals surface area contributed by atoms with Crippen molar-refractivity contribution in [2.24, 2.45) is 5.92 Å². The molecule has 0 aliphatic carbocycles. The molecule has 2 heterocycles. The van der Waals surface area contributed by atoms with E-state index in [2.05, 4.69) is 34.1 Å². The number of hydrogen-bond acceptors (Lipinski definition) is 9. The van der Waals surface area contributed by atoms with Crippen LogP contribution in [0.15, 0.2) is 42.7 Å². The van der Waals surface area contributed by atoms with Crippen LogP contribution >= 0.6 is 0 Å². The van der Waals surface area contributed by atoms with Gasteiger partial charge in [-0.25, -0.2) is 4.98 Å².